The number of amides is 1. The number of aromatic nitrogens is 2. The molecule has 1 N–H and O–H groups in total. The minimum absolute atomic E-state index is 0. The van der Waals surface area contributed by atoms with Crippen LogP contribution in [0.15, 0.2) is 42.7 Å². The highest BCUT2D eigenvalue weighted by atomic mass is 35.5. The van der Waals surface area contributed by atoms with Gasteiger partial charge in [0.15, 0.2) is 0 Å². The number of benzene rings is 1. The summed E-state index contributed by atoms with van der Waals surface area (Å²) in [4.78, 5) is 14.2. The molecule has 0 saturated heterocycles. The molecule has 0 spiro atoms. The molecule has 1 aromatic heterocycles. The van der Waals surface area contributed by atoms with Crippen molar-refractivity contribution in [2.45, 2.75) is 6.04 Å². The zero-order chi connectivity index (χ0) is 13.8. The van der Waals surface area contributed by atoms with E-state index in [4.69, 9.17) is 0 Å². The Bertz CT molecular complexity index is 555. The Morgan fingerprint density at radius 3 is 2.50 bits per heavy atom. The summed E-state index contributed by atoms with van der Waals surface area (Å²) >= 11 is 0. The molecule has 0 radical (unpaired) electrons. The zero-order valence-electron chi connectivity index (χ0n) is 11.8. The number of para-hydroxylation sites is 1. The Balaban J connectivity index is 0.00000200. The molecule has 1 amide bonds. The van der Waals surface area contributed by atoms with Crippen molar-refractivity contribution in [2.24, 2.45) is 7.05 Å². The predicted molar refractivity (Wildman–Crippen MR) is 82.1 cm³/mol. The maximum atomic E-state index is 12.5. The molecule has 0 aliphatic heterocycles. The molecule has 0 bridgehead atoms. The van der Waals surface area contributed by atoms with Crippen LogP contribution < -0.4 is 10.2 Å². The second-order valence-electron chi connectivity index (χ2n) is 4.40. The molecule has 2 rings (SSSR count). The fraction of sp³-hybridized carbons (Fsp3) is 0.286. The number of anilines is 1. The number of aryl methyl sites for hydroxylation is 1. The summed E-state index contributed by atoms with van der Waals surface area (Å²) in [5.41, 5.74) is 1.73. The summed E-state index contributed by atoms with van der Waals surface area (Å²) in [7, 11) is 5.38. The number of hydrogen-bond donors (Lipinski definition) is 1. The van der Waals surface area contributed by atoms with E-state index >= 15 is 0 Å². The van der Waals surface area contributed by atoms with E-state index in [1.807, 2.05) is 43.6 Å². The van der Waals surface area contributed by atoms with Crippen molar-refractivity contribution in [1.29, 1.82) is 0 Å². The lowest BCUT2D eigenvalue weighted by atomic mass is 10.1. The number of nitrogens with one attached hydrogen (secondary N) is 1. The third-order valence-electron chi connectivity index (χ3n) is 3.07. The molecule has 5 nitrogen and oxygen atoms in total. The largest absolute Gasteiger partial charge is 0.314 e. The summed E-state index contributed by atoms with van der Waals surface area (Å²) in [5, 5.41) is 7.14. The Morgan fingerprint density at radius 1 is 1.35 bits per heavy atom. The van der Waals surface area contributed by atoms with Gasteiger partial charge in [-0.3, -0.25) is 9.48 Å². The lowest BCUT2D eigenvalue weighted by Crippen LogP contribution is -2.37. The van der Waals surface area contributed by atoms with Gasteiger partial charge in [-0.2, -0.15) is 5.10 Å². The summed E-state index contributed by atoms with van der Waals surface area (Å²) in [6, 6.07) is 9.19. The highest BCUT2D eigenvalue weighted by Gasteiger charge is 2.24. The number of rotatable bonds is 4. The average molecular weight is 295 g/mol. The van der Waals surface area contributed by atoms with Crippen molar-refractivity contribution in [1.82, 2.24) is 15.1 Å². The van der Waals surface area contributed by atoms with Crippen LogP contribution in [-0.4, -0.2) is 29.8 Å². The zero-order valence-corrected chi connectivity index (χ0v) is 12.6. The van der Waals surface area contributed by atoms with Crippen LogP contribution in [0.25, 0.3) is 0 Å². The first kappa shape index (κ1) is 16.2. The Kier molecular flexibility index (Phi) is 5.73. The molecule has 0 aliphatic rings. The highest BCUT2D eigenvalue weighted by molar-refractivity contribution is 5.97. The van der Waals surface area contributed by atoms with Crippen LogP contribution >= 0.6 is 12.4 Å². The van der Waals surface area contributed by atoms with Crippen LogP contribution in [0, 0.1) is 0 Å². The molecular weight excluding hydrogens is 276 g/mol. The molecular formula is C14H19ClN4O. The number of carbonyl (C=O) groups is 1. The van der Waals surface area contributed by atoms with Gasteiger partial charge in [-0.05, 0) is 19.2 Å². The Labute approximate surface area is 125 Å². The number of hydrogen-bond acceptors (Lipinski definition) is 3. The second kappa shape index (κ2) is 7.07. The van der Waals surface area contributed by atoms with E-state index in [9.17, 15) is 4.79 Å². The van der Waals surface area contributed by atoms with E-state index in [0.717, 1.165) is 11.3 Å². The molecule has 1 atom stereocenters. The third kappa shape index (κ3) is 3.37. The SMILES string of the molecule is CNC(C(=O)N(C)c1ccccc1)c1cnn(C)c1.Cl. The fourth-order valence-corrected chi connectivity index (χ4v) is 1.99. The van der Waals surface area contributed by atoms with Gasteiger partial charge >= 0.3 is 0 Å². The van der Waals surface area contributed by atoms with Crippen LogP contribution in [0.3, 0.4) is 0 Å². The molecule has 0 aliphatic carbocycles. The molecule has 20 heavy (non-hydrogen) atoms. The number of halogens is 1. The molecule has 108 valence electrons. The monoisotopic (exact) mass is 294 g/mol. The molecule has 1 unspecified atom stereocenters. The first-order valence-electron chi connectivity index (χ1n) is 6.12. The number of likely N-dealkylation sites (N-methyl/N-ethyl adjacent to an activating group) is 2. The summed E-state index contributed by atoms with van der Waals surface area (Å²) < 4.78 is 1.69. The molecule has 0 fully saturated rings. The highest BCUT2D eigenvalue weighted by Crippen LogP contribution is 2.19. The van der Waals surface area contributed by atoms with E-state index in [1.54, 1.807) is 29.9 Å². The second-order valence-corrected chi connectivity index (χ2v) is 4.40. The first-order chi connectivity index (χ1) is 9.13. The quantitative estimate of drug-likeness (QED) is 0.935. The van der Waals surface area contributed by atoms with Gasteiger partial charge in [0, 0.05) is 31.5 Å². The number of carbonyl (C=O) groups excluding carboxylic acids is 1. The smallest absolute Gasteiger partial charge is 0.248 e. The normalized spacial score (nSPS) is 11.6. The summed E-state index contributed by atoms with van der Waals surface area (Å²) in [5.74, 6) is -0.0123. The minimum Gasteiger partial charge on any atom is -0.314 e. The van der Waals surface area contributed by atoms with E-state index in [-0.39, 0.29) is 24.4 Å². The van der Waals surface area contributed by atoms with Crippen molar-refractivity contribution < 1.29 is 4.79 Å². The van der Waals surface area contributed by atoms with Gasteiger partial charge in [-0.1, -0.05) is 18.2 Å². The van der Waals surface area contributed by atoms with Gasteiger partial charge < -0.3 is 10.2 Å². The molecule has 6 heteroatoms. The van der Waals surface area contributed by atoms with E-state index in [1.165, 1.54) is 0 Å². The maximum Gasteiger partial charge on any atom is 0.248 e. The van der Waals surface area contributed by atoms with Crippen LogP contribution in [0.5, 0.6) is 0 Å². The van der Waals surface area contributed by atoms with Crippen LogP contribution in [0.4, 0.5) is 5.69 Å². The third-order valence-corrected chi connectivity index (χ3v) is 3.07. The minimum atomic E-state index is -0.390. The van der Waals surface area contributed by atoms with Crippen molar-refractivity contribution in [3.63, 3.8) is 0 Å². The van der Waals surface area contributed by atoms with Crippen LogP contribution in [0.1, 0.15) is 11.6 Å². The van der Waals surface area contributed by atoms with E-state index in [0.29, 0.717) is 0 Å². The van der Waals surface area contributed by atoms with Crippen molar-refractivity contribution in [3.05, 3.63) is 48.3 Å². The van der Waals surface area contributed by atoms with Gasteiger partial charge in [0.1, 0.15) is 6.04 Å². The molecule has 0 saturated carbocycles. The number of nitrogens with zero attached hydrogens (tertiary/aromatic N) is 3. The average Bonchev–Trinajstić information content (AvgIpc) is 2.86. The predicted octanol–water partition coefficient (Wildman–Crippen LogP) is 1.77. The van der Waals surface area contributed by atoms with Crippen molar-refractivity contribution in [3.8, 4) is 0 Å². The fourth-order valence-electron chi connectivity index (χ4n) is 1.99. The first-order valence-corrected chi connectivity index (χ1v) is 6.12. The maximum absolute atomic E-state index is 12.5. The van der Waals surface area contributed by atoms with Crippen molar-refractivity contribution in [2.75, 3.05) is 19.0 Å². The molecule has 1 heterocycles. The summed E-state index contributed by atoms with van der Waals surface area (Å²) in [6.45, 7) is 0. The van der Waals surface area contributed by atoms with Crippen molar-refractivity contribution >= 4 is 24.0 Å². The van der Waals surface area contributed by atoms with E-state index in [2.05, 4.69) is 10.4 Å². The van der Waals surface area contributed by atoms with Gasteiger partial charge in [0.25, 0.3) is 0 Å². The van der Waals surface area contributed by atoms with Crippen LogP contribution in [-0.2, 0) is 11.8 Å². The lowest BCUT2D eigenvalue weighted by Gasteiger charge is -2.22. The van der Waals surface area contributed by atoms with Gasteiger partial charge in [-0.15, -0.1) is 12.4 Å². The Hall–Kier alpha value is -1.85. The van der Waals surface area contributed by atoms with Crippen LogP contribution in [0.2, 0.25) is 0 Å². The standard InChI is InChI=1S/C14H18N4O.ClH/c1-15-13(11-9-16-17(2)10-11)14(19)18(3)12-7-5-4-6-8-12;/h4-10,13,15H,1-3H3;1H. The lowest BCUT2D eigenvalue weighted by molar-refractivity contribution is -0.120. The van der Waals surface area contributed by atoms with Gasteiger partial charge in [-0.25, -0.2) is 0 Å². The van der Waals surface area contributed by atoms with Gasteiger partial charge in [0.2, 0.25) is 5.91 Å². The topological polar surface area (TPSA) is 50.2 Å². The van der Waals surface area contributed by atoms with E-state index < -0.39 is 0 Å². The van der Waals surface area contributed by atoms with Gasteiger partial charge in [0.05, 0.1) is 6.20 Å². The molecule has 2 aromatic rings. The summed E-state index contributed by atoms with van der Waals surface area (Å²) in [6.07, 6.45) is 3.55. The Morgan fingerprint density at radius 2 is 2.00 bits per heavy atom. The molecule has 1 aromatic carbocycles.